The van der Waals surface area contributed by atoms with Crippen LogP contribution >= 0.6 is 15.9 Å². The highest BCUT2D eigenvalue weighted by molar-refractivity contribution is 9.10. The first kappa shape index (κ1) is 13.8. The highest BCUT2D eigenvalue weighted by atomic mass is 79.9. The van der Waals surface area contributed by atoms with Crippen molar-refractivity contribution in [2.24, 2.45) is 0 Å². The molecule has 0 radical (unpaired) electrons. The van der Waals surface area contributed by atoms with Gasteiger partial charge in [0.25, 0.3) is 0 Å². The van der Waals surface area contributed by atoms with Crippen LogP contribution in [0.25, 0.3) is 5.65 Å². The molecular formula is C12H15BrN4O2. The quantitative estimate of drug-likeness (QED) is 0.651. The topological polar surface area (TPSA) is 68.5 Å². The average molecular weight is 327 g/mol. The Morgan fingerprint density at radius 1 is 1.58 bits per heavy atom. The Bertz CT molecular complexity index is 570. The summed E-state index contributed by atoms with van der Waals surface area (Å²) in [4.78, 5) is 19.8. The highest BCUT2D eigenvalue weighted by Gasteiger charge is 2.06. The van der Waals surface area contributed by atoms with Gasteiger partial charge in [-0.25, -0.2) is 9.97 Å². The summed E-state index contributed by atoms with van der Waals surface area (Å²) in [5.74, 6) is 0.528. The van der Waals surface area contributed by atoms with Gasteiger partial charge in [-0.3, -0.25) is 4.79 Å². The average Bonchev–Trinajstić information content (AvgIpc) is 2.82. The number of halogens is 1. The first-order chi connectivity index (χ1) is 9.20. The van der Waals surface area contributed by atoms with Crippen molar-refractivity contribution >= 4 is 33.4 Å². The molecule has 0 aromatic carbocycles. The monoisotopic (exact) mass is 326 g/mol. The minimum absolute atomic E-state index is 0.169. The number of rotatable bonds is 6. The van der Waals surface area contributed by atoms with Crippen LogP contribution in [0.5, 0.6) is 0 Å². The summed E-state index contributed by atoms with van der Waals surface area (Å²) < 4.78 is 7.47. The second-order valence-electron chi connectivity index (χ2n) is 3.91. The van der Waals surface area contributed by atoms with Gasteiger partial charge < -0.3 is 14.5 Å². The third-order valence-corrected chi connectivity index (χ3v) is 2.88. The first-order valence-electron chi connectivity index (χ1n) is 6.09. The predicted molar refractivity (Wildman–Crippen MR) is 75.0 cm³/mol. The largest absolute Gasteiger partial charge is 0.466 e. The highest BCUT2D eigenvalue weighted by Crippen LogP contribution is 2.16. The van der Waals surface area contributed by atoms with Gasteiger partial charge in [0, 0.05) is 31.6 Å². The Hall–Kier alpha value is -1.63. The Morgan fingerprint density at radius 3 is 3.21 bits per heavy atom. The number of nitrogens with zero attached hydrogens (tertiary/aromatic N) is 3. The molecule has 2 aromatic rings. The number of hydrogen-bond acceptors (Lipinski definition) is 5. The van der Waals surface area contributed by atoms with E-state index >= 15 is 0 Å². The van der Waals surface area contributed by atoms with Crippen molar-refractivity contribution < 1.29 is 9.53 Å². The molecule has 19 heavy (non-hydrogen) atoms. The van der Waals surface area contributed by atoms with Crippen molar-refractivity contribution in [3.8, 4) is 0 Å². The molecule has 0 fully saturated rings. The Morgan fingerprint density at radius 2 is 2.42 bits per heavy atom. The lowest BCUT2D eigenvalue weighted by atomic mass is 10.3. The maximum absolute atomic E-state index is 11.2. The zero-order chi connectivity index (χ0) is 13.7. The van der Waals surface area contributed by atoms with E-state index in [1.54, 1.807) is 13.1 Å². The van der Waals surface area contributed by atoms with E-state index in [1.807, 2.05) is 16.8 Å². The lowest BCUT2D eigenvalue weighted by Gasteiger charge is -2.07. The molecule has 2 aromatic heterocycles. The van der Waals surface area contributed by atoms with Crippen LogP contribution in [0.15, 0.2) is 23.2 Å². The van der Waals surface area contributed by atoms with Crippen molar-refractivity contribution in [3.63, 3.8) is 0 Å². The lowest BCUT2D eigenvalue weighted by molar-refractivity contribution is -0.143. The summed E-state index contributed by atoms with van der Waals surface area (Å²) in [6, 6.07) is 0. The number of imidazole rings is 1. The Kier molecular flexibility index (Phi) is 4.73. The summed E-state index contributed by atoms with van der Waals surface area (Å²) in [6.45, 7) is 2.87. The van der Waals surface area contributed by atoms with Crippen molar-refractivity contribution in [3.05, 3.63) is 23.2 Å². The number of nitrogens with one attached hydrogen (secondary N) is 1. The van der Waals surface area contributed by atoms with E-state index in [4.69, 9.17) is 4.74 Å². The standard InChI is InChI=1S/C12H15BrN4O2/c1-2-19-10(18)4-3-5-14-11-12-15-6-7-17(12)8-9(13)16-11/h6-8H,2-5H2,1H3,(H,14,16). The van der Waals surface area contributed by atoms with Crippen molar-refractivity contribution in [2.75, 3.05) is 18.5 Å². The van der Waals surface area contributed by atoms with Gasteiger partial charge in [-0.1, -0.05) is 0 Å². The van der Waals surface area contributed by atoms with E-state index in [0.717, 1.165) is 10.3 Å². The van der Waals surface area contributed by atoms with Gasteiger partial charge in [0.15, 0.2) is 11.5 Å². The van der Waals surface area contributed by atoms with Gasteiger partial charge in [0.1, 0.15) is 4.60 Å². The third-order valence-electron chi connectivity index (χ3n) is 2.50. The molecule has 0 amide bonds. The maximum atomic E-state index is 11.2. The van der Waals surface area contributed by atoms with E-state index < -0.39 is 0 Å². The number of fused-ring (bicyclic) bond motifs is 1. The van der Waals surface area contributed by atoms with Gasteiger partial charge >= 0.3 is 5.97 Å². The molecule has 7 heteroatoms. The minimum Gasteiger partial charge on any atom is -0.466 e. The molecular weight excluding hydrogens is 312 g/mol. The van der Waals surface area contributed by atoms with Gasteiger partial charge in [-0.05, 0) is 29.3 Å². The van der Waals surface area contributed by atoms with Gasteiger partial charge in [0.2, 0.25) is 0 Å². The Labute approximate surface area is 119 Å². The summed E-state index contributed by atoms with van der Waals surface area (Å²) in [5, 5.41) is 3.18. The van der Waals surface area contributed by atoms with Gasteiger partial charge in [-0.15, -0.1) is 0 Å². The number of ether oxygens (including phenoxy) is 1. The molecule has 0 atom stereocenters. The molecule has 0 saturated heterocycles. The van der Waals surface area contributed by atoms with Gasteiger partial charge in [-0.2, -0.15) is 0 Å². The fourth-order valence-electron chi connectivity index (χ4n) is 1.69. The molecule has 2 heterocycles. The van der Waals surface area contributed by atoms with Gasteiger partial charge in [0.05, 0.1) is 6.61 Å². The first-order valence-corrected chi connectivity index (χ1v) is 6.88. The second-order valence-corrected chi connectivity index (χ2v) is 4.72. The fourth-order valence-corrected chi connectivity index (χ4v) is 2.09. The number of aromatic nitrogens is 3. The molecule has 2 rings (SSSR count). The molecule has 0 unspecified atom stereocenters. The van der Waals surface area contributed by atoms with Crippen LogP contribution in [0, 0.1) is 0 Å². The van der Waals surface area contributed by atoms with Crippen LogP contribution in [0.1, 0.15) is 19.8 Å². The molecule has 102 valence electrons. The Balaban J connectivity index is 1.91. The van der Waals surface area contributed by atoms with E-state index in [0.29, 0.717) is 31.8 Å². The summed E-state index contributed by atoms with van der Waals surface area (Å²) in [6.07, 6.45) is 6.50. The summed E-state index contributed by atoms with van der Waals surface area (Å²) >= 11 is 3.35. The number of hydrogen-bond donors (Lipinski definition) is 1. The van der Waals surface area contributed by atoms with E-state index in [9.17, 15) is 4.79 Å². The molecule has 6 nitrogen and oxygen atoms in total. The SMILES string of the molecule is CCOC(=O)CCCNc1nc(Br)cn2ccnc12. The molecule has 0 aliphatic carbocycles. The molecule has 0 aliphatic heterocycles. The fraction of sp³-hybridized carbons (Fsp3) is 0.417. The number of anilines is 1. The zero-order valence-corrected chi connectivity index (χ0v) is 12.2. The molecule has 0 spiro atoms. The van der Waals surface area contributed by atoms with Crippen LogP contribution in [0.4, 0.5) is 5.82 Å². The van der Waals surface area contributed by atoms with Crippen LogP contribution < -0.4 is 5.32 Å². The zero-order valence-electron chi connectivity index (χ0n) is 10.6. The van der Waals surface area contributed by atoms with Crippen molar-refractivity contribution in [2.45, 2.75) is 19.8 Å². The van der Waals surface area contributed by atoms with E-state index in [-0.39, 0.29) is 5.97 Å². The number of carbonyl (C=O) groups excluding carboxylic acids is 1. The van der Waals surface area contributed by atoms with Crippen LogP contribution in [-0.4, -0.2) is 33.5 Å². The minimum atomic E-state index is -0.169. The van der Waals surface area contributed by atoms with Crippen LogP contribution in [-0.2, 0) is 9.53 Å². The smallest absolute Gasteiger partial charge is 0.305 e. The normalized spacial score (nSPS) is 10.6. The van der Waals surface area contributed by atoms with Crippen molar-refractivity contribution in [1.29, 1.82) is 0 Å². The van der Waals surface area contributed by atoms with Crippen LogP contribution in [0.2, 0.25) is 0 Å². The summed E-state index contributed by atoms with van der Waals surface area (Å²) in [5.41, 5.74) is 0.763. The predicted octanol–water partition coefficient (Wildman–Crippen LogP) is 2.25. The molecule has 0 aliphatic rings. The molecule has 0 saturated carbocycles. The van der Waals surface area contributed by atoms with Crippen molar-refractivity contribution in [1.82, 2.24) is 14.4 Å². The number of carbonyl (C=O) groups is 1. The lowest BCUT2D eigenvalue weighted by Crippen LogP contribution is -2.09. The maximum Gasteiger partial charge on any atom is 0.305 e. The van der Waals surface area contributed by atoms with Crippen LogP contribution in [0.3, 0.4) is 0 Å². The van der Waals surface area contributed by atoms with E-state index in [1.165, 1.54) is 0 Å². The molecule has 0 bridgehead atoms. The number of esters is 1. The second kappa shape index (κ2) is 6.51. The van der Waals surface area contributed by atoms with E-state index in [2.05, 4.69) is 31.2 Å². The summed E-state index contributed by atoms with van der Waals surface area (Å²) in [7, 11) is 0. The molecule has 1 N–H and O–H groups in total. The third kappa shape index (κ3) is 3.66.